The first-order valence-electron chi connectivity index (χ1n) is 13.1. The maximum absolute atomic E-state index is 11.0. The third-order valence-electron chi connectivity index (χ3n) is 6.58. The average Bonchev–Trinajstić information content (AvgIpc) is 3.45. The van der Waals surface area contributed by atoms with E-state index >= 15 is 0 Å². The Kier molecular flexibility index (Phi) is 9.63. The van der Waals surface area contributed by atoms with E-state index in [1.54, 1.807) is 22.7 Å². The van der Waals surface area contributed by atoms with Crippen LogP contribution in [0.5, 0.6) is 11.5 Å². The summed E-state index contributed by atoms with van der Waals surface area (Å²) in [6, 6.07) is 22.4. The van der Waals surface area contributed by atoms with Crippen LogP contribution in [0.1, 0.15) is 38.8 Å². The first-order valence-corrected chi connectivity index (χ1v) is 14.8. The Hall–Kier alpha value is -2.54. The van der Waals surface area contributed by atoms with Crippen LogP contribution in [0.3, 0.4) is 0 Å². The molecule has 5 rings (SSSR count). The Balaban J connectivity index is 0.00000353. The SMILES string of the molecule is CC(C)Cc1csc(-c2ccccc2-c2cccc(-c3ccccc3-c3scc(CC(C)C)c3O)n2)c1O.[Hf]. The summed E-state index contributed by atoms with van der Waals surface area (Å²) in [5.41, 5.74) is 7.63. The van der Waals surface area contributed by atoms with E-state index in [4.69, 9.17) is 4.98 Å². The Morgan fingerprint density at radius 2 is 0.974 bits per heavy atom. The Morgan fingerprint density at radius 1 is 0.590 bits per heavy atom. The number of benzene rings is 2. The molecule has 39 heavy (non-hydrogen) atoms. The summed E-state index contributed by atoms with van der Waals surface area (Å²) in [4.78, 5) is 6.86. The summed E-state index contributed by atoms with van der Waals surface area (Å²) in [6.07, 6.45) is 1.70. The molecule has 0 bridgehead atoms. The zero-order valence-electron chi connectivity index (χ0n) is 22.7. The van der Waals surface area contributed by atoms with E-state index < -0.39 is 0 Å². The zero-order valence-corrected chi connectivity index (χ0v) is 28.0. The van der Waals surface area contributed by atoms with Crippen molar-refractivity contribution in [2.45, 2.75) is 40.5 Å². The van der Waals surface area contributed by atoms with Crippen molar-refractivity contribution in [3.63, 3.8) is 0 Å². The van der Waals surface area contributed by atoms with E-state index in [0.29, 0.717) is 23.3 Å². The van der Waals surface area contributed by atoms with Crippen molar-refractivity contribution >= 4 is 22.7 Å². The summed E-state index contributed by atoms with van der Waals surface area (Å²) >= 11 is 3.17. The fraction of sp³-hybridized carbons (Fsp3) is 0.242. The number of nitrogens with zero attached hydrogens (tertiary/aromatic N) is 1. The van der Waals surface area contributed by atoms with Crippen molar-refractivity contribution in [3.8, 4) is 54.9 Å². The molecule has 0 amide bonds. The molecular formula is C33H33HfNO2S2. The summed E-state index contributed by atoms with van der Waals surface area (Å²) in [6.45, 7) is 8.66. The van der Waals surface area contributed by atoms with Crippen molar-refractivity contribution in [2.24, 2.45) is 11.8 Å². The zero-order chi connectivity index (χ0) is 26.8. The molecule has 0 atom stereocenters. The molecule has 3 nitrogen and oxygen atoms in total. The Bertz CT molecular complexity index is 1450. The van der Waals surface area contributed by atoms with Gasteiger partial charge in [0, 0.05) is 59.2 Å². The molecule has 0 spiro atoms. The second-order valence-corrected chi connectivity index (χ2v) is 12.3. The monoisotopic (exact) mass is 719 g/mol. The molecule has 0 unspecified atom stereocenters. The average molecular weight is 718 g/mol. The van der Waals surface area contributed by atoms with Crippen LogP contribution in [0.4, 0.5) is 0 Å². The van der Waals surface area contributed by atoms with Gasteiger partial charge in [0.2, 0.25) is 0 Å². The van der Waals surface area contributed by atoms with Crippen LogP contribution in [-0.2, 0) is 38.7 Å². The summed E-state index contributed by atoms with van der Waals surface area (Å²) in [5, 5.41) is 26.2. The number of aromatic nitrogens is 1. The molecule has 0 aliphatic rings. The van der Waals surface area contributed by atoms with Crippen LogP contribution in [0.15, 0.2) is 77.5 Å². The molecule has 2 aromatic carbocycles. The van der Waals surface area contributed by atoms with Crippen molar-refractivity contribution in [2.75, 3.05) is 0 Å². The summed E-state index contributed by atoms with van der Waals surface area (Å²) in [5.74, 6) is 1.70. The first-order chi connectivity index (χ1) is 18.3. The molecule has 0 fully saturated rings. The minimum Gasteiger partial charge on any atom is -0.506 e. The van der Waals surface area contributed by atoms with Gasteiger partial charge < -0.3 is 10.2 Å². The van der Waals surface area contributed by atoms with E-state index in [9.17, 15) is 10.2 Å². The fourth-order valence-corrected chi connectivity index (χ4v) is 6.90. The molecule has 0 aliphatic carbocycles. The van der Waals surface area contributed by atoms with Crippen LogP contribution < -0.4 is 0 Å². The molecule has 6 heteroatoms. The second kappa shape index (κ2) is 12.8. The number of thiophene rings is 2. The van der Waals surface area contributed by atoms with Crippen LogP contribution in [0, 0.1) is 11.8 Å². The maximum Gasteiger partial charge on any atom is 0.137 e. The van der Waals surface area contributed by atoms with Gasteiger partial charge in [-0.1, -0.05) is 82.3 Å². The van der Waals surface area contributed by atoms with E-state index in [1.165, 1.54) is 0 Å². The standard InChI is InChI=1S/C33H33NO2S2.Hf/c1-20(2)16-22-18-37-32(30(22)35)26-12-7-5-10-24(26)28-14-9-15-29(34-28)25-11-6-8-13-27(25)33-31(36)23(19-38-33)17-21(3)4;/h5-15,18-21,35-36H,16-17H2,1-4H3;. The van der Waals surface area contributed by atoms with Crippen LogP contribution in [-0.4, -0.2) is 15.2 Å². The smallest absolute Gasteiger partial charge is 0.137 e. The van der Waals surface area contributed by atoms with Crippen LogP contribution in [0.25, 0.3) is 43.4 Å². The van der Waals surface area contributed by atoms with Crippen molar-refractivity contribution in [1.29, 1.82) is 0 Å². The van der Waals surface area contributed by atoms with Gasteiger partial charge in [0.25, 0.3) is 0 Å². The third kappa shape index (κ3) is 6.29. The van der Waals surface area contributed by atoms with E-state index in [2.05, 4.69) is 62.7 Å². The summed E-state index contributed by atoms with van der Waals surface area (Å²) in [7, 11) is 0. The van der Waals surface area contributed by atoms with Gasteiger partial charge in [-0.05, 0) is 47.6 Å². The molecule has 5 aromatic rings. The number of pyridine rings is 1. The number of hydrogen-bond acceptors (Lipinski definition) is 5. The normalized spacial score (nSPS) is 11.2. The molecule has 0 saturated carbocycles. The third-order valence-corrected chi connectivity index (χ3v) is 8.68. The molecule has 0 aliphatic heterocycles. The predicted octanol–water partition coefficient (Wildman–Crippen LogP) is 9.68. The van der Waals surface area contributed by atoms with Gasteiger partial charge in [-0.3, -0.25) is 0 Å². The van der Waals surface area contributed by atoms with E-state index in [-0.39, 0.29) is 25.8 Å². The van der Waals surface area contributed by atoms with Crippen LogP contribution in [0.2, 0.25) is 0 Å². The Morgan fingerprint density at radius 3 is 1.36 bits per heavy atom. The molecule has 0 radical (unpaired) electrons. The molecule has 3 aromatic heterocycles. The molecule has 3 heterocycles. The fourth-order valence-electron chi connectivity index (χ4n) is 4.87. The van der Waals surface area contributed by atoms with Gasteiger partial charge in [-0.2, -0.15) is 0 Å². The molecule has 2 N–H and O–H groups in total. The maximum atomic E-state index is 11.0. The van der Waals surface area contributed by atoms with Gasteiger partial charge in [0.15, 0.2) is 0 Å². The van der Waals surface area contributed by atoms with E-state index in [0.717, 1.165) is 67.4 Å². The first kappa shape index (κ1) is 29.4. The van der Waals surface area contributed by atoms with Crippen LogP contribution >= 0.6 is 22.7 Å². The van der Waals surface area contributed by atoms with Gasteiger partial charge in [-0.25, -0.2) is 4.98 Å². The Labute approximate surface area is 258 Å². The quantitative estimate of drug-likeness (QED) is 0.157. The van der Waals surface area contributed by atoms with Gasteiger partial charge in [0.1, 0.15) is 11.5 Å². The topological polar surface area (TPSA) is 53.4 Å². The second-order valence-electron chi connectivity index (χ2n) is 10.6. The number of rotatable bonds is 8. The van der Waals surface area contributed by atoms with Crippen molar-refractivity contribution < 1.29 is 36.1 Å². The van der Waals surface area contributed by atoms with Crippen molar-refractivity contribution in [1.82, 2.24) is 4.98 Å². The van der Waals surface area contributed by atoms with Gasteiger partial charge in [0.05, 0.1) is 21.1 Å². The molecule has 198 valence electrons. The minimum absolute atomic E-state index is 0. The number of aromatic hydroxyl groups is 2. The largest absolute Gasteiger partial charge is 0.506 e. The predicted molar refractivity (Wildman–Crippen MR) is 162 cm³/mol. The molecule has 0 saturated heterocycles. The minimum atomic E-state index is 0. The van der Waals surface area contributed by atoms with E-state index in [1.807, 2.05) is 42.5 Å². The van der Waals surface area contributed by atoms with Crippen molar-refractivity contribution in [3.05, 3.63) is 88.6 Å². The summed E-state index contributed by atoms with van der Waals surface area (Å²) < 4.78 is 0. The van der Waals surface area contributed by atoms with Gasteiger partial charge >= 0.3 is 0 Å². The number of hydrogen-bond donors (Lipinski definition) is 2. The van der Waals surface area contributed by atoms with Gasteiger partial charge in [-0.15, -0.1) is 22.7 Å². The molecular weight excluding hydrogens is 685 g/mol.